The molecule has 11 nitrogen and oxygen atoms in total. The topological polar surface area (TPSA) is 156 Å². The van der Waals surface area contributed by atoms with Crippen LogP contribution in [0.15, 0.2) is 12.2 Å². The predicted octanol–water partition coefficient (Wildman–Crippen LogP) is 4.31. The third kappa shape index (κ3) is 42.6. The molecule has 0 aliphatic heterocycles. The number of hydrogen-bond acceptors (Lipinski definition) is 9. The lowest BCUT2D eigenvalue weighted by molar-refractivity contribution is -0.131. The Morgan fingerprint density at radius 1 is 0.571 bits per heavy atom. The Kier molecular flexibility index (Phi) is 43.8. The summed E-state index contributed by atoms with van der Waals surface area (Å²) in [7, 11) is 0. The summed E-state index contributed by atoms with van der Waals surface area (Å²) in [4.78, 5) is 33.6. The number of ketones is 1. The summed E-state index contributed by atoms with van der Waals surface area (Å²) in [6.45, 7) is 14.1. The van der Waals surface area contributed by atoms with E-state index in [-0.39, 0.29) is 11.7 Å². The van der Waals surface area contributed by atoms with Crippen molar-refractivity contribution >= 4 is 17.7 Å². The number of allylic oxidation sites excluding steroid dienone is 1. The molecular formula is C31H62N2O9. The molecule has 0 bridgehead atoms. The second-order valence-electron chi connectivity index (χ2n) is 8.67. The van der Waals surface area contributed by atoms with Gasteiger partial charge >= 0.3 is 5.97 Å². The number of amides is 1. The molecule has 0 saturated carbocycles. The number of carbonyl (C=O) groups excluding carboxylic acids is 2. The molecule has 0 spiro atoms. The molecule has 0 aliphatic carbocycles. The van der Waals surface area contributed by atoms with Gasteiger partial charge in [-0.1, -0.05) is 66.2 Å². The predicted molar refractivity (Wildman–Crippen MR) is 167 cm³/mol. The molecule has 0 saturated heterocycles. The average Bonchev–Trinajstić information content (AvgIpc) is 3.00. The number of carboxylic acid groups (broad SMARTS) is 1. The van der Waals surface area contributed by atoms with Crippen LogP contribution in [0.25, 0.3) is 0 Å². The lowest BCUT2D eigenvalue weighted by Gasteiger charge is -2.08. The fraction of sp³-hybridized carbons (Fsp3) is 0.839. The maximum atomic E-state index is 11.9. The zero-order valence-electron chi connectivity index (χ0n) is 27.0. The molecule has 0 fully saturated rings. The molecule has 0 aromatic carbocycles. The van der Waals surface area contributed by atoms with Gasteiger partial charge in [0.05, 0.1) is 66.1 Å². The van der Waals surface area contributed by atoms with Gasteiger partial charge in [0.15, 0.2) is 5.78 Å². The van der Waals surface area contributed by atoms with Crippen molar-refractivity contribution in [1.82, 2.24) is 5.32 Å². The minimum Gasteiger partial charge on any atom is -0.478 e. The van der Waals surface area contributed by atoms with Crippen molar-refractivity contribution in [3.05, 3.63) is 12.2 Å². The van der Waals surface area contributed by atoms with Crippen molar-refractivity contribution < 1.29 is 43.2 Å². The highest BCUT2D eigenvalue weighted by atomic mass is 16.6. The molecule has 0 aromatic rings. The molecule has 0 heterocycles. The van der Waals surface area contributed by atoms with Crippen LogP contribution in [0.4, 0.5) is 0 Å². The van der Waals surface area contributed by atoms with Crippen LogP contribution in [0, 0.1) is 0 Å². The second kappa shape index (κ2) is 41.2. The van der Waals surface area contributed by atoms with E-state index in [1.54, 1.807) is 0 Å². The number of rotatable bonds is 30. The molecule has 250 valence electrons. The normalized spacial score (nSPS) is 10.5. The third-order valence-corrected chi connectivity index (χ3v) is 5.31. The fourth-order valence-electron chi connectivity index (χ4n) is 3.31. The minimum atomic E-state index is -1.10. The molecule has 1 amide bonds. The SMILES string of the molecule is CC.CC.NCCOCCOCCOCCOCCOCCNC(=O)CCCCCCCCCCC(=O)/C=C/C(=O)O. The number of ether oxygens (including phenoxy) is 5. The number of carbonyl (C=O) groups is 3. The lowest BCUT2D eigenvalue weighted by atomic mass is 10.1. The van der Waals surface area contributed by atoms with Crippen LogP contribution in [0.2, 0.25) is 0 Å². The van der Waals surface area contributed by atoms with Crippen LogP contribution in [0.5, 0.6) is 0 Å². The molecule has 0 atom stereocenters. The van der Waals surface area contributed by atoms with Gasteiger partial charge in [0, 0.05) is 32.0 Å². The number of unbranched alkanes of at least 4 members (excludes halogenated alkanes) is 7. The molecular weight excluding hydrogens is 544 g/mol. The first-order chi connectivity index (χ1) is 20.6. The summed E-state index contributed by atoms with van der Waals surface area (Å²) in [5.41, 5.74) is 5.32. The van der Waals surface area contributed by atoms with E-state index in [0.29, 0.717) is 92.0 Å². The highest BCUT2D eigenvalue weighted by Crippen LogP contribution is 2.11. The molecule has 0 aliphatic rings. The van der Waals surface area contributed by atoms with Crippen molar-refractivity contribution in [2.45, 2.75) is 91.9 Å². The van der Waals surface area contributed by atoms with Crippen LogP contribution >= 0.6 is 0 Å². The molecule has 4 N–H and O–H groups in total. The number of carboxylic acids is 1. The second-order valence-corrected chi connectivity index (χ2v) is 8.67. The van der Waals surface area contributed by atoms with Crippen LogP contribution < -0.4 is 11.1 Å². The van der Waals surface area contributed by atoms with E-state index in [0.717, 1.165) is 63.5 Å². The quantitative estimate of drug-likeness (QED) is 0.0795. The summed E-state index contributed by atoms with van der Waals surface area (Å²) in [5, 5.41) is 11.3. The maximum Gasteiger partial charge on any atom is 0.328 e. The number of aliphatic carboxylic acids is 1. The highest BCUT2D eigenvalue weighted by Gasteiger charge is 2.02. The Labute approximate surface area is 255 Å². The van der Waals surface area contributed by atoms with Crippen LogP contribution in [-0.4, -0.2) is 102 Å². The Hall–Kier alpha value is -1.89. The van der Waals surface area contributed by atoms with Crippen molar-refractivity contribution in [2.24, 2.45) is 5.73 Å². The zero-order valence-corrected chi connectivity index (χ0v) is 27.0. The van der Waals surface area contributed by atoms with Crippen LogP contribution in [0.3, 0.4) is 0 Å². The average molecular weight is 607 g/mol. The standard InChI is InChI=1S/C27H50N2O9.2C2H6/c28-13-15-34-17-19-36-21-23-38-24-22-37-20-18-35-16-14-29-26(31)10-8-6-4-2-1-3-5-7-9-25(30)11-12-27(32)33;2*1-2/h11-12H,1-10,13-24,28H2,(H,29,31)(H,32,33);2*1-2H3/b12-11+;;. The summed E-state index contributed by atoms with van der Waals surface area (Å²) in [6, 6.07) is 0. The summed E-state index contributed by atoms with van der Waals surface area (Å²) in [6.07, 6.45) is 11.0. The van der Waals surface area contributed by atoms with E-state index in [9.17, 15) is 14.4 Å². The van der Waals surface area contributed by atoms with Gasteiger partial charge in [-0.15, -0.1) is 0 Å². The minimum absolute atomic E-state index is 0.0516. The summed E-state index contributed by atoms with van der Waals surface area (Å²) < 4.78 is 26.8. The van der Waals surface area contributed by atoms with Gasteiger partial charge in [-0.3, -0.25) is 9.59 Å². The Balaban J connectivity index is -0.00000363. The first-order valence-electron chi connectivity index (χ1n) is 15.9. The number of nitrogens with two attached hydrogens (primary N) is 1. The molecule has 11 heteroatoms. The molecule has 0 radical (unpaired) electrons. The molecule has 0 unspecified atom stereocenters. The van der Waals surface area contributed by atoms with E-state index in [1.165, 1.54) is 0 Å². The largest absolute Gasteiger partial charge is 0.478 e. The zero-order chi connectivity index (χ0) is 31.9. The van der Waals surface area contributed by atoms with Crippen LogP contribution in [-0.2, 0) is 38.1 Å². The molecule has 0 rings (SSSR count). The van der Waals surface area contributed by atoms with Gasteiger partial charge in [-0.05, 0) is 18.9 Å². The van der Waals surface area contributed by atoms with E-state index >= 15 is 0 Å². The van der Waals surface area contributed by atoms with Crippen molar-refractivity contribution in [2.75, 3.05) is 79.2 Å². The van der Waals surface area contributed by atoms with Crippen molar-refractivity contribution in [3.63, 3.8) is 0 Å². The number of nitrogens with one attached hydrogen (secondary N) is 1. The van der Waals surface area contributed by atoms with E-state index < -0.39 is 5.97 Å². The summed E-state index contributed by atoms with van der Waals surface area (Å²) >= 11 is 0. The fourth-order valence-corrected chi connectivity index (χ4v) is 3.31. The monoisotopic (exact) mass is 606 g/mol. The van der Waals surface area contributed by atoms with Crippen molar-refractivity contribution in [3.8, 4) is 0 Å². The lowest BCUT2D eigenvalue weighted by Crippen LogP contribution is -2.27. The Morgan fingerprint density at radius 3 is 1.38 bits per heavy atom. The first-order valence-corrected chi connectivity index (χ1v) is 15.9. The maximum absolute atomic E-state index is 11.9. The highest BCUT2D eigenvalue weighted by molar-refractivity contribution is 5.95. The van der Waals surface area contributed by atoms with Crippen LogP contribution in [0.1, 0.15) is 91.9 Å². The van der Waals surface area contributed by atoms with Gasteiger partial charge in [0.1, 0.15) is 0 Å². The molecule has 42 heavy (non-hydrogen) atoms. The van der Waals surface area contributed by atoms with Gasteiger partial charge in [-0.2, -0.15) is 0 Å². The first kappa shape index (κ1) is 44.5. The van der Waals surface area contributed by atoms with E-state index in [1.807, 2.05) is 27.7 Å². The smallest absolute Gasteiger partial charge is 0.328 e. The van der Waals surface area contributed by atoms with Gasteiger partial charge in [-0.25, -0.2) is 4.79 Å². The summed E-state index contributed by atoms with van der Waals surface area (Å²) in [5.74, 6) is -1.18. The molecule has 0 aromatic heterocycles. The van der Waals surface area contributed by atoms with Crippen molar-refractivity contribution in [1.29, 1.82) is 0 Å². The van der Waals surface area contributed by atoms with E-state index in [4.69, 9.17) is 34.5 Å². The third-order valence-electron chi connectivity index (χ3n) is 5.31. The van der Waals surface area contributed by atoms with Gasteiger partial charge in [0.25, 0.3) is 0 Å². The van der Waals surface area contributed by atoms with Gasteiger partial charge < -0.3 is 39.8 Å². The Bertz CT molecular complexity index is 605. The van der Waals surface area contributed by atoms with Gasteiger partial charge in [0.2, 0.25) is 5.91 Å². The number of hydrogen-bond donors (Lipinski definition) is 3. The Morgan fingerprint density at radius 2 is 0.952 bits per heavy atom. The van der Waals surface area contributed by atoms with E-state index in [2.05, 4.69) is 5.32 Å².